The highest BCUT2D eigenvalue weighted by Gasteiger charge is 2.31. The Morgan fingerprint density at radius 3 is 2.40 bits per heavy atom. The lowest BCUT2D eigenvalue weighted by Gasteiger charge is -2.12. The van der Waals surface area contributed by atoms with Gasteiger partial charge in [0.05, 0.1) is 5.56 Å². The zero-order valence-electron chi connectivity index (χ0n) is 16.2. The predicted molar refractivity (Wildman–Crippen MR) is 103 cm³/mol. The summed E-state index contributed by atoms with van der Waals surface area (Å²) < 4.78 is 48.2. The van der Waals surface area contributed by atoms with Crippen molar-refractivity contribution in [1.29, 1.82) is 5.26 Å². The summed E-state index contributed by atoms with van der Waals surface area (Å²) >= 11 is 0. The minimum atomic E-state index is -4.76. The van der Waals surface area contributed by atoms with E-state index < -0.39 is 6.36 Å². The van der Waals surface area contributed by atoms with E-state index in [2.05, 4.69) is 4.74 Å². The van der Waals surface area contributed by atoms with E-state index in [4.69, 9.17) is 10.00 Å². The third kappa shape index (κ3) is 4.63. The van der Waals surface area contributed by atoms with Gasteiger partial charge in [0.1, 0.15) is 17.6 Å². The molecule has 30 heavy (non-hydrogen) atoms. The first-order valence-electron chi connectivity index (χ1n) is 8.90. The van der Waals surface area contributed by atoms with Gasteiger partial charge >= 0.3 is 6.36 Å². The Bertz CT molecular complexity index is 1110. The molecule has 3 aromatic rings. The molecule has 0 fully saturated rings. The molecule has 154 valence electrons. The number of ether oxygens (including phenoxy) is 2. The first-order chi connectivity index (χ1) is 14.2. The average molecular weight is 414 g/mol. The fourth-order valence-corrected chi connectivity index (χ4v) is 3.15. The van der Waals surface area contributed by atoms with Gasteiger partial charge in [-0.1, -0.05) is 12.1 Å². The van der Waals surface area contributed by atoms with Crippen molar-refractivity contribution in [1.82, 2.24) is 4.57 Å². The molecule has 1 heterocycles. The van der Waals surface area contributed by atoms with Gasteiger partial charge in [-0.05, 0) is 56.3 Å². The van der Waals surface area contributed by atoms with Crippen molar-refractivity contribution in [2.75, 3.05) is 6.61 Å². The molecule has 3 rings (SSSR count). The Hall–Kier alpha value is -3.73. The van der Waals surface area contributed by atoms with Crippen molar-refractivity contribution in [3.63, 3.8) is 0 Å². The maximum atomic E-state index is 12.7. The Morgan fingerprint density at radius 2 is 1.77 bits per heavy atom. The molecule has 0 N–H and O–H groups in total. The number of hydrogen-bond donors (Lipinski definition) is 0. The van der Waals surface area contributed by atoms with Gasteiger partial charge in [-0.15, -0.1) is 13.2 Å². The lowest BCUT2D eigenvalue weighted by Crippen LogP contribution is -2.17. The van der Waals surface area contributed by atoms with Crippen molar-refractivity contribution in [2.24, 2.45) is 0 Å². The van der Waals surface area contributed by atoms with Crippen molar-refractivity contribution in [3.05, 3.63) is 77.1 Å². The van der Waals surface area contributed by atoms with Gasteiger partial charge in [-0.2, -0.15) is 5.26 Å². The van der Waals surface area contributed by atoms with E-state index in [-0.39, 0.29) is 18.1 Å². The minimum absolute atomic E-state index is 0.249. The van der Waals surface area contributed by atoms with Crippen LogP contribution in [0.5, 0.6) is 11.5 Å². The maximum absolute atomic E-state index is 12.7. The molecule has 1 aromatic heterocycles. The van der Waals surface area contributed by atoms with Crippen molar-refractivity contribution >= 4 is 5.78 Å². The predicted octanol–water partition coefficient (Wildman–Crippen LogP) is 5.13. The number of nitriles is 1. The van der Waals surface area contributed by atoms with Crippen molar-refractivity contribution < 1.29 is 27.4 Å². The van der Waals surface area contributed by atoms with Crippen LogP contribution in [-0.4, -0.2) is 23.3 Å². The topological polar surface area (TPSA) is 64.2 Å². The third-order valence-electron chi connectivity index (χ3n) is 4.43. The molecule has 8 heteroatoms. The van der Waals surface area contributed by atoms with Gasteiger partial charge in [-0.3, -0.25) is 4.79 Å². The molecule has 0 saturated heterocycles. The number of Topliss-reactive ketones (excluding diaryl/α,β-unsaturated/α-hetero) is 1. The SMILES string of the molecule is Cc1cc(C(=O)COc2ccccc2C#N)c(C)n1-c1ccc(OC(F)(F)F)cc1. The van der Waals surface area contributed by atoms with E-state index in [1.54, 1.807) is 48.7 Å². The standard InChI is InChI=1S/C22H17F3N2O3/c1-14-11-19(20(28)13-29-21-6-4-3-5-16(21)12-26)15(2)27(14)17-7-9-18(10-8-17)30-22(23,24)25/h3-11H,13H2,1-2H3. The van der Waals surface area contributed by atoms with E-state index in [0.29, 0.717) is 28.3 Å². The summed E-state index contributed by atoms with van der Waals surface area (Å²) in [7, 11) is 0. The van der Waals surface area contributed by atoms with Crippen LogP contribution in [0.3, 0.4) is 0 Å². The summed E-state index contributed by atoms with van der Waals surface area (Å²) in [6, 6.07) is 15.7. The highest BCUT2D eigenvalue weighted by atomic mass is 19.4. The number of alkyl halides is 3. The summed E-state index contributed by atoms with van der Waals surface area (Å²) in [5.41, 5.74) is 2.71. The lowest BCUT2D eigenvalue weighted by atomic mass is 10.1. The number of para-hydroxylation sites is 1. The summed E-state index contributed by atoms with van der Waals surface area (Å²) in [6.45, 7) is 3.28. The molecular formula is C22H17F3N2O3. The molecule has 0 spiro atoms. The number of hydrogen-bond acceptors (Lipinski definition) is 4. The maximum Gasteiger partial charge on any atom is 0.573 e. The number of nitrogens with zero attached hydrogens (tertiary/aromatic N) is 2. The lowest BCUT2D eigenvalue weighted by molar-refractivity contribution is -0.274. The number of carbonyl (C=O) groups excluding carboxylic acids is 1. The van der Waals surface area contributed by atoms with Gasteiger partial charge in [0.2, 0.25) is 5.78 Å². The Balaban J connectivity index is 1.80. The molecule has 0 unspecified atom stereocenters. The number of rotatable bonds is 6. The van der Waals surface area contributed by atoms with Crippen molar-refractivity contribution in [2.45, 2.75) is 20.2 Å². The Labute approximate surface area is 170 Å². The molecule has 0 aliphatic heterocycles. The monoisotopic (exact) mass is 414 g/mol. The van der Waals surface area contributed by atoms with Gasteiger partial charge in [0.15, 0.2) is 6.61 Å². The molecule has 0 saturated carbocycles. The van der Waals surface area contributed by atoms with Gasteiger partial charge in [0.25, 0.3) is 0 Å². The van der Waals surface area contributed by atoms with Gasteiger partial charge in [-0.25, -0.2) is 0 Å². The molecule has 5 nitrogen and oxygen atoms in total. The second-order valence-corrected chi connectivity index (χ2v) is 6.48. The normalized spacial score (nSPS) is 11.1. The molecular weight excluding hydrogens is 397 g/mol. The second kappa shape index (κ2) is 8.33. The Morgan fingerprint density at radius 1 is 1.10 bits per heavy atom. The largest absolute Gasteiger partial charge is 0.573 e. The number of benzene rings is 2. The zero-order chi connectivity index (χ0) is 21.9. The number of aromatic nitrogens is 1. The summed E-state index contributed by atoms with van der Waals surface area (Å²) in [4.78, 5) is 12.7. The fourth-order valence-electron chi connectivity index (χ4n) is 3.15. The highest BCUT2D eigenvalue weighted by molar-refractivity contribution is 5.98. The number of carbonyl (C=O) groups is 1. The summed E-state index contributed by atoms with van der Waals surface area (Å²) in [5.74, 6) is -0.281. The van der Waals surface area contributed by atoms with Crippen LogP contribution in [-0.2, 0) is 0 Å². The summed E-state index contributed by atoms with van der Waals surface area (Å²) in [5, 5.41) is 9.10. The van der Waals surface area contributed by atoms with E-state index in [1.165, 1.54) is 24.3 Å². The zero-order valence-corrected chi connectivity index (χ0v) is 16.2. The third-order valence-corrected chi connectivity index (χ3v) is 4.43. The number of halogens is 3. The van der Waals surface area contributed by atoms with Crippen LogP contribution in [0.1, 0.15) is 27.3 Å². The smallest absolute Gasteiger partial charge is 0.484 e. The molecule has 0 radical (unpaired) electrons. The highest BCUT2D eigenvalue weighted by Crippen LogP contribution is 2.26. The molecule has 0 aliphatic rings. The first kappa shape index (κ1) is 21.0. The van der Waals surface area contributed by atoms with E-state index >= 15 is 0 Å². The average Bonchev–Trinajstić information content (AvgIpc) is 3.00. The fraction of sp³-hybridized carbons (Fsp3) is 0.182. The van der Waals surface area contributed by atoms with Gasteiger partial charge in [0, 0.05) is 22.6 Å². The minimum Gasteiger partial charge on any atom is -0.484 e. The summed E-state index contributed by atoms with van der Waals surface area (Å²) in [6.07, 6.45) is -4.76. The van der Waals surface area contributed by atoms with Crippen LogP contribution in [0, 0.1) is 25.2 Å². The molecule has 0 bridgehead atoms. The van der Waals surface area contributed by atoms with Crippen LogP contribution < -0.4 is 9.47 Å². The number of ketones is 1. The second-order valence-electron chi connectivity index (χ2n) is 6.48. The quantitative estimate of drug-likeness (QED) is 0.525. The van der Waals surface area contributed by atoms with Crippen LogP contribution in [0.2, 0.25) is 0 Å². The van der Waals surface area contributed by atoms with E-state index in [1.807, 2.05) is 6.07 Å². The van der Waals surface area contributed by atoms with E-state index in [0.717, 1.165) is 5.69 Å². The Kier molecular flexibility index (Phi) is 5.83. The van der Waals surface area contributed by atoms with Crippen LogP contribution in [0.25, 0.3) is 5.69 Å². The molecule has 0 aliphatic carbocycles. The molecule has 2 aromatic carbocycles. The van der Waals surface area contributed by atoms with Crippen LogP contribution in [0.4, 0.5) is 13.2 Å². The van der Waals surface area contributed by atoms with E-state index in [9.17, 15) is 18.0 Å². The van der Waals surface area contributed by atoms with Gasteiger partial charge < -0.3 is 14.0 Å². The van der Waals surface area contributed by atoms with Crippen molar-refractivity contribution in [3.8, 4) is 23.3 Å². The van der Waals surface area contributed by atoms with Crippen LogP contribution in [0.15, 0.2) is 54.6 Å². The molecule has 0 amide bonds. The van der Waals surface area contributed by atoms with Crippen LogP contribution >= 0.6 is 0 Å². The number of aryl methyl sites for hydroxylation is 1. The first-order valence-corrected chi connectivity index (χ1v) is 8.90. The molecule has 0 atom stereocenters.